The molecule has 0 aliphatic rings. The molecule has 28 heavy (non-hydrogen) atoms. The van der Waals surface area contributed by atoms with Gasteiger partial charge in [0.05, 0.1) is 40.1 Å². The molecule has 1 atom stereocenters. The van der Waals surface area contributed by atoms with Gasteiger partial charge in [0.1, 0.15) is 0 Å². The molecule has 0 fully saturated rings. The monoisotopic (exact) mass is 389 g/mol. The van der Waals surface area contributed by atoms with Gasteiger partial charge in [-0.05, 0) is 11.6 Å². The van der Waals surface area contributed by atoms with Gasteiger partial charge in [-0.1, -0.05) is 42.5 Å². The molecule has 0 aromatic heterocycles. The number of aliphatic hydroxyl groups is 1. The number of aliphatic hydroxyl groups excluding tert-OH is 1. The van der Waals surface area contributed by atoms with Crippen LogP contribution in [0.4, 0.5) is 0 Å². The van der Waals surface area contributed by atoms with Gasteiger partial charge >= 0.3 is 0 Å². The van der Waals surface area contributed by atoms with Gasteiger partial charge in [0, 0.05) is 32.3 Å². The molecule has 0 radical (unpaired) electrons. The van der Waals surface area contributed by atoms with Crippen molar-refractivity contribution in [3.63, 3.8) is 0 Å². The number of hydrogen-bond acceptors (Lipinski definition) is 6. The maximum atomic E-state index is 10.4. The van der Waals surface area contributed by atoms with E-state index in [0.717, 1.165) is 11.1 Å². The first kappa shape index (κ1) is 22.2. The van der Waals surface area contributed by atoms with Crippen LogP contribution in [0.25, 0.3) is 0 Å². The standard InChI is InChI=1S/C22H31NO5/c1-25-13-12-23(14-19-10-7-11-21(26-2)22(19)27-3)15-20(24)17-28-16-18-8-5-4-6-9-18/h4-11,20,24H,12-17H2,1-3H3/t20-/m1/s1. The van der Waals surface area contributed by atoms with Gasteiger partial charge in [-0.3, -0.25) is 4.90 Å². The van der Waals surface area contributed by atoms with E-state index < -0.39 is 6.10 Å². The van der Waals surface area contributed by atoms with Crippen LogP contribution in [-0.4, -0.2) is 63.7 Å². The fraction of sp³-hybridized carbons (Fsp3) is 0.455. The van der Waals surface area contributed by atoms with E-state index in [4.69, 9.17) is 18.9 Å². The highest BCUT2D eigenvalue weighted by Crippen LogP contribution is 2.31. The van der Waals surface area contributed by atoms with E-state index in [2.05, 4.69) is 4.90 Å². The Hall–Kier alpha value is -2.12. The molecular formula is C22H31NO5. The molecule has 0 aliphatic heterocycles. The van der Waals surface area contributed by atoms with E-state index in [0.29, 0.717) is 44.3 Å². The van der Waals surface area contributed by atoms with Gasteiger partial charge in [0.2, 0.25) is 0 Å². The third-order valence-electron chi connectivity index (χ3n) is 4.38. The summed E-state index contributed by atoms with van der Waals surface area (Å²) in [5, 5.41) is 10.4. The Bertz CT molecular complexity index is 680. The highest BCUT2D eigenvalue weighted by molar-refractivity contribution is 5.46. The molecule has 1 N–H and O–H groups in total. The molecule has 2 rings (SSSR count). The largest absolute Gasteiger partial charge is 0.493 e. The van der Waals surface area contributed by atoms with E-state index in [-0.39, 0.29) is 6.61 Å². The Morgan fingerprint density at radius 1 is 0.964 bits per heavy atom. The van der Waals surface area contributed by atoms with E-state index in [1.807, 2.05) is 48.5 Å². The molecule has 154 valence electrons. The fourth-order valence-corrected chi connectivity index (χ4v) is 3.01. The van der Waals surface area contributed by atoms with Crippen molar-refractivity contribution in [2.24, 2.45) is 0 Å². The lowest BCUT2D eigenvalue weighted by Crippen LogP contribution is -2.36. The Morgan fingerprint density at radius 3 is 2.43 bits per heavy atom. The topological polar surface area (TPSA) is 60.4 Å². The number of methoxy groups -OCH3 is 3. The van der Waals surface area contributed by atoms with Crippen molar-refractivity contribution in [3.8, 4) is 11.5 Å². The summed E-state index contributed by atoms with van der Waals surface area (Å²) in [6, 6.07) is 15.7. The van der Waals surface area contributed by atoms with Crippen molar-refractivity contribution in [3.05, 3.63) is 59.7 Å². The van der Waals surface area contributed by atoms with E-state index in [9.17, 15) is 5.11 Å². The van der Waals surface area contributed by atoms with Crippen LogP contribution in [0.1, 0.15) is 11.1 Å². The van der Waals surface area contributed by atoms with Gasteiger partial charge in [0.15, 0.2) is 11.5 Å². The highest BCUT2D eigenvalue weighted by Gasteiger charge is 2.16. The number of nitrogens with zero attached hydrogens (tertiary/aromatic N) is 1. The Labute approximate surface area is 167 Å². The lowest BCUT2D eigenvalue weighted by molar-refractivity contribution is 0.00467. The van der Waals surface area contributed by atoms with Gasteiger partial charge in [-0.25, -0.2) is 0 Å². The molecule has 2 aromatic carbocycles. The van der Waals surface area contributed by atoms with Crippen LogP contribution in [0.5, 0.6) is 11.5 Å². The number of hydrogen-bond donors (Lipinski definition) is 1. The molecule has 2 aromatic rings. The SMILES string of the molecule is COCCN(Cc1cccc(OC)c1OC)C[C@@H](O)COCc1ccccc1. The van der Waals surface area contributed by atoms with Crippen molar-refractivity contribution in [2.45, 2.75) is 19.3 Å². The maximum absolute atomic E-state index is 10.4. The minimum Gasteiger partial charge on any atom is -0.493 e. The van der Waals surface area contributed by atoms with Crippen molar-refractivity contribution in [1.29, 1.82) is 0 Å². The van der Waals surface area contributed by atoms with Crippen molar-refractivity contribution in [1.82, 2.24) is 4.90 Å². The van der Waals surface area contributed by atoms with Crippen molar-refractivity contribution < 1.29 is 24.1 Å². The van der Waals surface area contributed by atoms with Gasteiger partial charge in [-0.2, -0.15) is 0 Å². The van der Waals surface area contributed by atoms with E-state index in [1.54, 1.807) is 21.3 Å². The summed E-state index contributed by atoms with van der Waals surface area (Å²) in [5.74, 6) is 1.40. The van der Waals surface area contributed by atoms with Crippen molar-refractivity contribution in [2.75, 3.05) is 47.6 Å². The molecule has 6 heteroatoms. The van der Waals surface area contributed by atoms with Gasteiger partial charge < -0.3 is 24.1 Å². The third-order valence-corrected chi connectivity index (χ3v) is 4.38. The number of benzene rings is 2. The first-order valence-corrected chi connectivity index (χ1v) is 9.38. The number of rotatable bonds is 13. The molecule has 0 saturated carbocycles. The summed E-state index contributed by atoms with van der Waals surface area (Å²) in [6.07, 6.45) is -0.600. The zero-order chi connectivity index (χ0) is 20.2. The highest BCUT2D eigenvalue weighted by atomic mass is 16.5. The minimum atomic E-state index is -0.600. The van der Waals surface area contributed by atoms with Crippen molar-refractivity contribution >= 4 is 0 Å². The predicted molar refractivity (Wildman–Crippen MR) is 109 cm³/mol. The predicted octanol–water partition coefficient (Wildman–Crippen LogP) is 2.73. The average molecular weight is 389 g/mol. The third kappa shape index (κ3) is 7.13. The summed E-state index contributed by atoms with van der Waals surface area (Å²) in [5.41, 5.74) is 2.09. The van der Waals surface area contributed by atoms with Crippen LogP contribution in [0.3, 0.4) is 0 Å². The summed E-state index contributed by atoms with van der Waals surface area (Å²) in [6.45, 7) is 3.10. The molecule has 0 heterocycles. The second-order valence-electron chi connectivity index (χ2n) is 6.54. The van der Waals surface area contributed by atoms with Crippen LogP contribution < -0.4 is 9.47 Å². The lowest BCUT2D eigenvalue weighted by Gasteiger charge is -2.26. The van der Waals surface area contributed by atoms with E-state index >= 15 is 0 Å². The number of ether oxygens (including phenoxy) is 4. The minimum absolute atomic E-state index is 0.271. The summed E-state index contributed by atoms with van der Waals surface area (Å²) >= 11 is 0. The first-order chi connectivity index (χ1) is 13.7. The zero-order valence-electron chi connectivity index (χ0n) is 17.0. The smallest absolute Gasteiger partial charge is 0.165 e. The normalized spacial score (nSPS) is 12.2. The summed E-state index contributed by atoms with van der Waals surface area (Å²) in [4.78, 5) is 2.12. The Balaban J connectivity index is 1.93. The molecule has 0 saturated heterocycles. The molecule has 0 amide bonds. The van der Waals surface area contributed by atoms with Gasteiger partial charge in [0.25, 0.3) is 0 Å². The van der Waals surface area contributed by atoms with Gasteiger partial charge in [-0.15, -0.1) is 0 Å². The quantitative estimate of drug-likeness (QED) is 0.568. The van der Waals surface area contributed by atoms with Crippen LogP contribution in [-0.2, 0) is 22.6 Å². The second kappa shape index (κ2) is 12.4. The van der Waals surface area contributed by atoms with E-state index in [1.165, 1.54) is 0 Å². The summed E-state index contributed by atoms with van der Waals surface area (Å²) < 4.78 is 21.8. The first-order valence-electron chi connectivity index (χ1n) is 9.38. The molecule has 0 bridgehead atoms. The number of para-hydroxylation sites is 1. The van der Waals surface area contributed by atoms with Crippen LogP contribution in [0.2, 0.25) is 0 Å². The molecule has 0 aliphatic carbocycles. The van der Waals surface area contributed by atoms with Crippen LogP contribution >= 0.6 is 0 Å². The zero-order valence-corrected chi connectivity index (χ0v) is 17.0. The molecule has 0 spiro atoms. The molecule has 0 unspecified atom stereocenters. The average Bonchev–Trinajstić information content (AvgIpc) is 2.72. The Morgan fingerprint density at radius 2 is 1.75 bits per heavy atom. The second-order valence-corrected chi connectivity index (χ2v) is 6.54. The molecular weight excluding hydrogens is 358 g/mol. The van der Waals surface area contributed by atoms with Crippen LogP contribution in [0, 0.1) is 0 Å². The Kier molecular flexibility index (Phi) is 9.79. The maximum Gasteiger partial charge on any atom is 0.165 e. The fourth-order valence-electron chi connectivity index (χ4n) is 3.01. The summed E-state index contributed by atoms with van der Waals surface area (Å²) in [7, 11) is 4.93. The van der Waals surface area contributed by atoms with Crippen LogP contribution in [0.15, 0.2) is 48.5 Å². The lowest BCUT2D eigenvalue weighted by atomic mass is 10.1. The molecule has 6 nitrogen and oxygen atoms in total.